The van der Waals surface area contributed by atoms with Gasteiger partial charge in [0, 0.05) is 32.3 Å². The maximum absolute atomic E-state index is 12.3. The number of rotatable bonds is 7. The fraction of sp³-hybridized carbons (Fsp3) is 0.368. The lowest BCUT2D eigenvalue weighted by molar-refractivity contribution is -0.130. The first-order chi connectivity index (χ1) is 11.6. The summed E-state index contributed by atoms with van der Waals surface area (Å²) in [6, 6.07) is 7.53. The van der Waals surface area contributed by atoms with Crippen LogP contribution < -0.4 is 5.32 Å². The van der Waals surface area contributed by atoms with Crippen LogP contribution >= 0.6 is 0 Å². The summed E-state index contributed by atoms with van der Waals surface area (Å²) >= 11 is 0. The van der Waals surface area contributed by atoms with Crippen molar-refractivity contribution in [2.75, 3.05) is 32.1 Å². The van der Waals surface area contributed by atoms with Crippen molar-refractivity contribution in [3.63, 3.8) is 0 Å². The first kappa shape index (κ1) is 17.9. The molecule has 24 heavy (non-hydrogen) atoms. The Morgan fingerprint density at radius 2 is 2.08 bits per heavy atom. The van der Waals surface area contributed by atoms with Gasteiger partial charge in [-0.2, -0.15) is 0 Å². The van der Waals surface area contributed by atoms with E-state index in [2.05, 4.69) is 18.0 Å². The van der Waals surface area contributed by atoms with Gasteiger partial charge in [0.15, 0.2) is 0 Å². The molecule has 5 nitrogen and oxygen atoms in total. The van der Waals surface area contributed by atoms with Crippen LogP contribution in [0, 0.1) is 0 Å². The van der Waals surface area contributed by atoms with E-state index in [4.69, 9.17) is 4.74 Å². The molecule has 0 bridgehead atoms. The zero-order valence-corrected chi connectivity index (χ0v) is 14.1. The standard InChI is InChI=1S/C19H24N2O3/c1-3-18(22)20-17-7-4-15(5-8-17)6-9-19(23)21-12-10-16(11-13-21)14-24-2/h3-5,7-8,10H,1,6,9,11-14H2,2H3,(H,20,22). The van der Waals surface area contributed by atoms with Gasteiger partial charge in [-0.1, -0.05) is 24.8 Å². The molecule has 2 amide bonds. The molecule has 0 saturated heterocycles. The van der Waals surface area contributed by atoms with Gasteiger partial charge in [0.05, 0.1) is 6.61 Å². The lowest BCUT2D eigenvalue weighted by Crippen LogP contribution is -2.35. The van der Waals surface area contributed by atoms with E-state index in [1.54, 1.807) is 7.11 Å². The second-order valence-corrected chi connectivity index (χ2v) is 5.78. The fourth-order valence-electron chi connectivity index (χ4n) is 2.61. The molecule has 1 heterocycles. The molecule has 2 rings (SSSR count). The average molecular weight is 328 g/mol. The Kier molecular flexibility index (Phi) is 6.75. The molecule has 1 aliphatic heterocycles. The van der Waals surface area contributed by atoms with Crippen LogP contribution in [0.2, 0.25) is 0 Å². The molecule has 0 fully saturated rings. The minimum atomic E-state index is -0.232. The van der Waals surface area contributed by atoms with E-state index in [1.165, 1.54) is 11.6 Å². The third kappa shape index (κ3) is 5.35. The largest absolute Gasteiger partial charge is 0.380 e. The van der Waals surface area contributed by atoms with Gasteiger partial charge in [-0.3, -0.25) is 9.59 Å². The molecule has 128 valence electrons. The summed E-state index contributed by atoms with van der Waals surface area (Å²) in [5, 5.41) is 2.70. The van der Waals surface area contributed by atoms with Crippen molar-refractivity contribution >= 4 is 17.5 Å². The van der Waals surface area contributed by atoms with Gasteiger partial charge in [0.1, 0.15) is 0 Å². The number of nitrogens with zero attached hydrogens (tertiary/aromatic N) is 1. The lowest BCUT2D eigenvalue weighted by atomic mass is 10.1. The highest BCUT2D eigenvalue weighted by Gasteiger charge is 2.16. The predicted molar refractivity (Wildman–Crippen MR) is 94.7 cm³/mol. The summed E-state index contributed by atoms with van der Waals surface area (Å²) in [7, 11) is 1.69. The number of benzene rings is 1. The van der Waals surface area contributed by atoms with Crippen LogP contribution in [0.1, 0.15) is 18.4 Å². The van der Waals surface area contributed by atoms with E-state index in [1.807, 2.05) is 29.2 Å². The van der Waals surface area contributed by atoms with E-state index < -0.39 is 0 Å². The quantitative estimate of drug-likeness (QED) is 0.618. The maximum Gasteiger partial charge on any atom is 0.247 e. The molecule has 0 atom stereocenters. The van der Waals surface area contributed by atoms with Gasteiger partial charge in [-0.05, 0) is 42.2 Å². The highest BCUT2D eigenvalue weighted by Crippen LogP contribution is 2.14. The third-order valence-corrected chi connectivity index (χ3v) is 4.02. The monoisotopic (exact) mass is 328 g/mol. The molecule has 5 heteroatoms. The second-order valence-electron chi connectivity index (χ2n) is 5.78. The van der Waals surface area contributed by atoms with E-state index in [0.717, 1.165) is 24.2 Å². The minimum absolute atomic E-state index is 0.173. The predicted octanol–water partition coefficient (Wildman–Crippen LogP) is 2.55. The van der Waals surface area contributed by atoms with Crippen LogP contribution in [-0.4, -0.2) is 43.5 Å². The van der Waals surface area contributed by atoms with Gasteiger partial charge >= 0.3 is 0 Å². The molecule has 0 radical (unpaired) electrons. The van der Waals surface area contributed by atoms with Crippen LogP contribution in [0.25, 0.3) is 0 Å². The first-order valence-corrected chi connectivity index (χ1v) is 8.09. The van der Waals surface area contributed by atoms with Crippen LogP contribution in [0.15, 0.2) is 48.6 Å². The topological polar surface area (TPSA) is 58.6 Å². The van der Waals surface area contributed by atoms with E-state index in [-0.39, 0.29) is 11.8 Å². The van der Waals surface area contributed by atoms with Crippen molar-refractivity contribution in [1.29, 1.82) is 0 Å². The third-order valence-electron chi connectivity index (χ3n) is 4.02. The summed E-state index contributed by atoms with van der Waals surface area (Å²) < 4.78 is 5.12. The van der Waals surface area contributed by atoms with Crippen molar-refractivity contribution in [1.82, 2.24) is 4.90 Å². The number of hydrogen-bond acceptors (Lipinski definition) is 3. The number of anilines is 1. The van der Waals surface area contributed by atoms with E-state index in [0.29, 0.717) is 26.0 Å². The van der Waals surface area contributed by atoms with Crippen LogP contribution in [0.3, 0.4) is 0 Å². The maximum atomic E-state index is 12.3. The van der Waals surface area contributed by atoms with Crippen molar-refractivity contribution in [3.8, 4) is 0 Å². The number of ether oxygens (including phenoxy) is 1. The summed E-state index contributed by atoms with van der Waals surface area (Å²) in [5.41, 5.74) is 3.06. The normalized spacial score (nSPS) is 14.0. The van der Waals surface area contributed by atoms with Gasteiger partial charge in [0.2, 0.25) is 11.8 Å². The summed E-state index contributed by atoms with van der Waals surface area (Å²) in [6.45, 7) is 5.50. The number of amides is 2. The van der Waals surface area contributed by atoms with Crippen LogP contribution in [0.4, 0.5) is 5.69 Å². The molecule has 0 aromatic heterocycles. The Bertz CT molecular complexity index is 620. The number of hydrogen-bond donors (Lipinski definition) is 1. The molecule has 0 spiro atoms. The van der Waals surface area contributed by atoms with E-state index in [9.17, 15) is 9.59 Å². The highest BCUT2D eigenvalue weighted by atomic mass is 16.5. The van der Waals surface area contributed by atoms with Crippen LogP contribution in [0.5, 0.6) is 0 Å². The number of aryl methyl sites for hydroxylation is 1. The SMILES string of the molecule is C=CC(=O)Nc1ccc(CCC(=O)N2CC=C(COC)CC2)cc1. The van der Waals surface area contributed by atoms with Crippen molar-refractivity contribution in [2.45, 2.75) is 19.3 Å². The van der Waals surface area contributed by atoms with Gasteiger partial charge < -0.3 is 15.0 Å². The van der Waals surface area contributed by atoms with Gasteiger partial charge in [-0.15, -0.1) is 0 Å². The molecule has 1 aliphatic rings. The van der Waals surface area contributed by atoms with Crippen molar-refractivity contribution < 1.29 is 14.3 Å². The minimum Gasteiger partial charge on any atom is -0.380 e. The Labute approximate surface area is 143 Å². The molecular formula is C19H24N2O3. The van der Waals surface area contributed by atoms with E-state index >= 15 is 0 Å². The second kappa shape index (κ2) is 9.03. The molecule has 0 saturated carbocycles. The lowest BCUT2D eigenvalue weighted by Gasteiger charge is -2.26. The first-order valence-electron chi connectivity index (χ1n) is 8.09. The molecule has 0 aliphatic carbocycles. The zero-order chi connectivity index (χ0) is 17.4. The number of carbonyl (C=O) groups is 2. The molecule has 1 N–H and O–H groups in total. The smallest absolute Gasteiger partial charge is 0.247 e. The number of methoxy groups -OCH3 is 1. The Morgan fingerprint density at radius 1 is 1.33 bits per heavy atom. The van der Waals surface area contributed by atoms with Gasteiger partial charge in [0.25, 0.3) is 0 Å². The molecular weight excluding hydrogens is 304 g/mol. The Morgan fingerprint density at radius 3 is 2.67 bits per heavy atom. The summed E-state index contributed by atoms with van der Waals surface area (Å²) in [4.78, 5) is 25.4. The van der Waals surface area contributed by atoms with Crippen LogP contribution in [-0.2, 0) is 20.7 Å². The van der Waals surface area contributed by atoms with Crippen molar-refractivity contribution in [2.24, 2.45) is 0 Å². The summed E-state index contributed by atoms with van der Waals surface area (Å²) in [6.07, 6.45) is 5.39. The molecule has 1 aromatic rings. The summed E-state index contributed by atoms with van der Waals surface area (Å²) in [5.74, 6) is -0.0596. The molecule has 0 unspecified atom stereocenters. The average Bonchev–Trinajstić information content (AvgIpc) is 2.61. The highest BCUT2D eigenvalue weighted by molar-refractivity contribution is 5.98. The number of nitrogens with one attached hydrogen (secondary N) is 1. The zero-order valence-electron chi connectivity index (χ0n) is 14.1. The van der Waals surface area contributed by atoms with Crippen molar-refractivity contribution in [3.05, 3.63) is 54.1 Å². The Hall–Kier alpha value is -2.40. The van der Waals surface area contributed by atoms with Gasteiger partial charge in [-0.25, -0.2) is 0 Å². The Balaban J connectivity index is 1.80. The number of carbonyl (C=O) groups excluding carboxylic acids is 2. The fourth-order valence-corrected chi connectivity index (χ4v) is 2.61. The molecule has 1 aromatic carbocycles.